The summed E-state index contributed by atoms with van der Waals surface area (Å²) >= 11 is 0. The van der Waals surface area contributed by atoms with Gasteiger partial charge in [-0.15, -0.1) is 0 Å². The number of nitrogens with one attached hydrogen (secondary N) is 1. The van der Waals surface area contributed by atoms with Gasteiger partial charge in [-0.3, -0.25) is 9.58 Å². The van der Waals surface area contributed by atoms with Crippen molar-refractivity contribution in [3.63, 3.8) is 0 Å². The first-order chi connectivity index (χ1) is 12.8. The van der Waals surface area contributed by atoms with E-state index in [1.165, 1.54) is 24.7 Å². The van der Waals surface area contributed by atoms with E-state index in [4.69, 9.17) is 9.90 Å². The maximum atomic E-state index is 11.6. The largest absolute Gasteiger partial charge is 0.490 e. The van der Waals surface area contributed by atoms with Crippen molar-refractivity contribution in [1.29, 1.82) is 0 Å². The normalized spacial score (nSPS) is 23.3. The molecule has 1 saturated carbocycles. The first-order valence-corrected chi connectivity index (χ1v) is 10.7. The summed E-state index contributed by atoms with van der Waals surface area (Å²) in [5.74, 6) is -1.94. The fraction of sp³-hybridized carbons (Fsp3) is 0.750. The van der Waals surface area contributed by atoms with E-state index in [9.17, 15) is 21.6 Å². The van der Waals surface area contributed by atoms with Crippen molar-refractivity contribution in [1.82, 2.24) is 19.4 Å². The highest BCUT2D eigenvalue weighted by Gasteiger charge is 2.39. The molecule has 1 saturated heterocycles. The number of carbonyl (C=O) groups is 1. The van der Waals surface area contributed by atoms with Gasteiger partial charge >= 0.3 is 12.1 Å². The van der Waals surface area contributed by atoms with Gasteiger partial charge in [0.1, 0.15) is 0 Å². The summed E-state index contributed by atoms with van der Waals surface area (Å²) < 4.78 is 59.5. The number of halogens is 3. The van der Waals surface area contributed by atoms with Crippen LogP contribution in [0.15, 0.2) is 12.4 Å². The molecule has 1 aliphatic carbocycles. The molecule has 2 N–H and O–H groups in total. The second-order valence-corrected chi connectivity index (χ2v) is 9.10. The lowest BCUT2D eigenvalue weighted by molar-refractivity contribution is -0.192. The highest BCUT2D eigenvalue weighted by molar-refractivity contribution is 7.88. The van der Waals surface area contributed by atoms with E-state index in [-0.39, 0.29) is 12.1 Å². The average molecular weight is 426 g/mol. The Bertz CT molecular complexity index is 777. The zero-order valence-corrected chi connectivity index (χ0v) is 16.5. The Morgan fingerprint density at radius 1 is 1.36 bits per heavy atom. The molecule has 1 aromatic heterocycles. The van der Waals surface area contributed by atoms with Crippen LogP contribution in [0.4, 0.5) is 13.2 Å². The Morgan fingerprint density at radius 3 is 2.39 bits per heavy atom. The van der Waals surface area contributed by atoms with E-state index in [1.807, 2.05) is 19.4 Å². The van der Waals surface area contributed by atoms with Crippen molar-refractivity contribution >= 4 is 16.0 Å². The Balaban J connectivity index is 0.000000345. The number of likely N-dealkylation sites (tertiary alicyclic amines) is 1. The van der Waals surface area contributed by atoms with E-state index in [0.29, 0.717) is 0 Å². The molecule has 2 atom stereocenters. The van der Waals surface area contributed by atoms with Crippen LogP contribution in [0.1, 0.15) is 24.8 Å². The number of hydrogen-bond acceptors (Lipinski definition) is 5. The zero-order chi connectivity index (χ0) is 21.1. The van der Waals surface area contributed by atoms with Crippen molar-refractivity contribution in [2.75, 3.05) is 19.3 Å². The summed E-state index contributed by atoms with van der Waals surface area (Å²) in [6.45, 7) is 2.08. The number of aliphatic carboxylic acids is 1. The monoisotopic (exact) mass is 426 g/mol. The minimum atomic E-state index is -5.08. The number of carboxylic acid groups (broad SMARTS) is 1. The maximum Gasteiger partial charge on any atom is 0.490 e. The molecule has 28 heavy (non-hydrogen) atoms. The third kappa shape index (κ3) is 7.40. The van der Waals surface area contributed by atoms with Gasteiger partial charge in [0, 0.05) is 38.4 Å². The predicted octanol–water partition coefficient (Wildman–Crippen LogP) is 0.998. The molecule has 0 amide bonds. The third-order valence-electron chi connectivity index (χ3n) is 4.66. The second kappa shape index (κ2) is 8.78. The zero-order valence-electron chi connectivity index (χ0n) is 15.7. The van der Waals surface area contributed by atoms with Crippen LogP contribution >= 0.6 is 0 Å². The van der Waals surface area contributed by atoms with Gasteiger partial charge in [0.05, 0.1) is 12.5 Å². The van der Waals surface area contributed by atoms with Crippen LogP contribution in [-0.2, 0) is 28.3 Å². The fourth-order valence-corrected chi connectivity index (χ4v) is 4.10. The Morgan fingerprint density at radius 2 is 1.96 bits per heavy atom. The Labute approximate surface area is 161 Å². The summed E-state index contributed by atoms with van der Waals surface area (Å²) in [4.78, 5) is 11.4. The van der Waals surface area contributed by atoms with Gasteiger partial charge in [-0.1, -0.05) is 0 Å². The lowest BCUT2D eigenvalue weighted by Gasteiger charge is -2.28. The first-order valence-electron chi connectivity index (χ1n) is 8.84. The van der Waals surface area contributed by atoms with Crippen LogP contribution < -0.4 is 4.72 Å². The minimum absolute atomic E-state index is 0.0129. The van der Waals surface area contributed by atoms with E-state index in [2.05, 4.69) is 14.7 Å². The highest BCUT2D eigenvalue weighted by Crippen LogP contribution is 2.33. The number of aromatic nitrogens is 2. The maximum absolute atomic E-state index is 11.6. The Kier molecular flexibility index (Phi) is 7.10. The summed E-state index contributed by atoms with van der Waals surface area (Å²) in [6, 6.07) is 0.253. The van der Waals surface area contributed by atoms with Gasteiger partial charge < -0.3 is 5.11 Å². The standard InChI is InChI=1S/C14H24N4O2S.C2HF3O2/c1-17-9-12(8-15-17)7-14-13(16-21(2,19)20)5-6-18(14)10-11-3-4-11;3-2(4,5)1(6)7/h8-9,11,13-14,16H,3-7,10H2,1-2H3;(H,6,7)/t13-,14+;/m1./s1. The molecule has 0 radical (unpaired) electrons. The van der Waals surface area contributed by atoms with E-state index in [0.717, 1.165) is 31.8 Å². The van der Waals surface area contributed by atoms with Crippen LogP contribution in [0.2, 0.25) is 0 Å². The number of aryl methyl sites for hydroxylation is 1. The molecular weight excluding hydrogens is 401 g/mol. The molecule has 0 unspecified atom stereocenters. The number of sulfonamides is 1. The van der Waals surface area contributed by atoms with Gasteiger partial charge in [-0.05, 0) is 37.2 Å². The summed E-state index contributed by atoms with van der Waals surface area (Å²) in [5, 5.41) is 11.3. The quantitative estimate of drug-likeness (QED) is 0.703. The lowest BCUT2D eigenvalue weighted by atomic mass is 10.0. The Hall–Kier alpha value is -1.66. The smallest absolute Gasteiger partial charge is 0.475 e. The molecule has 0 aromatic carbocycles. The predicted molar refractivity (Wildman–Crippen MR) is 95.1 cm³/mol. The summed E-state index contributed by atoms with van der Waals surface area (Å²) in [7, 11) is -1.25. The van der Waals surface area contributed by atoms with Crippen LogP contribution in [0.25, 0.3) is 0 Å². The van der Waals surface area contributed by atoms with Crippen molar-refractivity contribution < 1.29 is 31.5 Å². The van der Waals surface area contributed by atoms with E-state index in [1.54, 1.807) is 4.68 Å². The van der Waals surface area contributed by atoms with Gasteiger partial charge in [-0.25, -0.2) is 17.9 Å². The topological polar surface area (TPSA) is 105 Å². The molecule has 3 rings (SSSR count). The molecule has 12 heteroatoms. The van der Waals surface area contributed by atoms with Crippen LogP contribution in [0.3, 0.4) is 0 Å². The van der Waals surface area contributed by atoms with Crippen molar-refractivity contribution in [2.45, 2.75) is 43.9 Å². The van der Waals surface area contributed by atoms with Crippen molar-refractivity contribution in [3.8, 4) is 0 Å². The van der Waals surface area contributed by atoms with Crippen LogP contribution in [-0.4, -0.2) is 71.8 Å². The SMILES string of the molecule is Cn1cc(C[C@H]2[C@H](NS(C)(=O)=O)CCN2CC2CC2)cn1.O=C(O)C(F)(F)F. The lowest BCUT2D eigenvalue weighted by Crippen LogP contribution is -2.46. The second-order valence-electron chi connectivity index (χ2n) is 7.32. The van der Waals surface area contributed by atoms with Gasteiger partial charge in [0.2, 0.25) is 10.0 Å². The number of carboxylic acids is 1. The van der Waals surface area contributed by atoms with Crippen LogP contribution in [0.5, 0.6) is 0 Å². The molecule has 160 valence electrons. The van der Waals surface area contributed by atoms with Crippen molar-refractivity contribution in [2.24, 2.45) is 13.0 Å². The number of hydrogen-bond donors (Lipinski definition) is 2. The van der Waals surface area contributed by atoms with Gasteiger partial charge in [-0.2, -0.15) is 18.3 Å². The molecule has 0 spiro atoms. The molecule has 8 nitrogen and oxygen atoms in total. The average Bonchev–Trinajstić information content (AvgIpc) is 3.16. The molecule has 2 fully saturated rings. The van der Waals surface area contributed by atoms with E-state index < -0.39 is 22.2 Å². The fourth-order valence-electron chi connectivity index (χ4n) is 3.28. The summed E-state index contributed by atoms with van der Waals surface area (Å²) in [6.07, 6.45) is 4.45. The van der Waals surface area contributed by atoms with E-state index >= 15 is 0 Å². The number of nitrogens with zero attached hydrogens (tertiary/aromatic N) is 3. The molecule has 1 aliphatic heterocycles. The third-order valence-corrected chi connectivity index (χ3v) is 5.39. The number of alkyl halides is 3. The van der Waals surface area contributed by atoms with Crippen molar-refractivity contribution in [3.05, 3.63) is 18.0 Å². The minimum Gasteiger partial charge on any atom is -0.475 e. The summed E-state index contributed by atoms with van der Waals surface area (Å²) in [5.41, 5.74) is 1.17. The molecule has 2 aliphatic rings. The first kappa shape index (κ1) is 22.6. The van der Waals surface area contributed by atoms with Crippen LogP contribution in [0, 0.1) is 5.92 Å². The van der Waals surface area contributed by atoms with Gasteiger partial charge in [0.25, 0.3) is 0 Å². The molecule has 2 heterocycles. The number of rotatable bonds is 6. The molecular formula is C16H25F3N4O4S. The highest BCUT2D eigenvalue weighted by atomic mass is 32.2. The molecule has 0 bridgehead atoms. The van der Waals surface area contributed by atoms with Gasteiger partial charge in [0.15, 0.2) is 0 Å². The molecule has 1 aromatic rings.